The fraction of sp³-hybridized carbons (Fsp3) is 0.583. The minimum Gasteiger partial charge on any atom is -0.494 e. The van der Waals surface area contributed by atoms with Crippen LogP contribution in [0.1, 0.15) is 109 Å². The minimum absolute atomic E-state index is 0.0625. The Hall–Kier alpha value is -2.60. The molecule has 6 heteroatoms. The smallest absolute Gasteiger partial charge is 0.416 e. The summed E-state index contributed by atoms with van der Waals surface area (Å²) in [6.07, 6.45) is 5.79. The number of aldehydes is 1. The molecule has 1 aliphatic carbocycles. The maximum absolute atomic E-state index is 12.8. The van der Waals surface area contributed by atoms with Crippen LogP contribution in [-0.2, 0) is 22.1 Å². The van der Waals surface area contributed by atoms with Gasteiger partial charge in [-0.15, -0.1) is 0 Å². The highest BCUT2D eigenvalue weighted by Gasteiger charge is 2.39. The molecule has 0 spiro atoms. The SMILES string of the molecule is CC(C)(C)CC(C)(C)C(C)(C)C=O.COCCCCCOc1ccc2c(c1)CCCC(c1ccc(C(F)(F)F)cc1)=C2. The molecule has 0 amide bonds. The lowest BCUT2D eigenvalue weighted by atomic mass is 9.62. The van der Waals surface area contributed by atoms with E-state index in [2.05, 4.69) is 46.8 Å². The van der Waals surface area contributed by atoms with E-state index in [1.165, 1.54) is 5.56 Å². The summed E-state index contributed by atoms with van der Waals surface area (Å²) in [6, 6.07) is 11.6. The summed E-state index contributed by atoms with van der Waals surface area (Å²) in [4.78, 5) is 11.0. The molecule has 1 aliphatic rings. The van der Waals surface area contributed by atoms with Crippen LogP contribution in [0.5, 0.6) is 5.75 Å². The predicted octanol–water partition coefficient (Wildman–Crippen LogP) is 10.5. The Morgan fingerprint density at radius 2 is 1.48 bits per heavy atom. The lowest BCUT2D eigenvalue weighted by molar-refractivity contribution is -0.137. The van der Waals surface area contributed by atoms with Gasteiger partial charge < -0.3 is 14.3 Å². The number of unbranched alkanes of at least 4 members (excludes halogenated alkanes) is 2. The first-order valence-electron chi connectivity index (χ1n) is 15.1. The molecule has 0 aliphatic heterocycles. The molecule has 0 saturated carbocycles. The number of methoxy groups -OCH3 is 1. The second-order valence-electron chi connectivity index (χ2n) is 13.8. The number of hydrogen-bond acceptors (Lipinski definition) is 3. The number of carbonyl (C=O) groups is 1. The Morgan fingerprint density at radius 3 is 2.05 bits per heavy atom. The molecule has 3 nitrogen and oxygen atoms in total. The number of benzene rings is 2. The van der Waals surface area contributed by atoms with Crippen molar-refractivity contribution in [2.45, 2.75) is 99.6 Å². The van der Waals surface area contributed by atoms with Crippen molar-refractivity contribution in [1.29, 1.82) is 0 Å². The monoisotopic (exact) mass is 588 g/mol. The fourth-order valence-corrected chi connectivity index (χ4v) is 5.29. The molecule has 0 fully saturated rings. The van der Waals surface area contributed by atoms with Gasteiger partial charge in [-0.3, -0.25) is 0 Å². The van der Waals surface area contributed by atoms with Crippen LogP contribution in [0, 0.1) is 16.2 Å². The molecule has 0 radical (unpaired) electrons. The number of halogens is 3. The fourth-order valence-electron chi connectivity index (χ4n) is 5.29. The predicted molar refractivity (Wildman–Crippen MR) is 168 cm³/mol. The number of rotatable bonds is 11. The van der Waals surface area contributed by atoms with E-state index < -0.39 is 11.7 Å². The molecule has 0 bridgehead atoms. The van der Waals surface area contributed by atoms with E-state index in [4.69, 9.17) is 9.47 Å². The topological polar surface area (TPSA) is 35.5 Å². The average Bonchev–Trinajstić information content (AvgIpc) is 3.11. The number of carbonyl (C=O) groups excluding carboxylic acids is 1. The summed E-state index contributed by atoms with van der Waals surface area (Å²) in [7, 11) is 1.71. The number of ether oxygens (including phenoxy) is 2. The zero-order chi connectivity index (χ0) is 31.6. The molecule has 0 saturated heterocycles. The van der Waals surface area contributed by atoms with Gasteiger partial charge in [0.15, 0.2) is 0 Å². The van der Waals surface area contributed by atoms with Crippen molar-refractivity contribution in [2.75, 3.05) is 20.3 Å². The van der Waals surface area contributed by atoms with Crippen molar-refractivity contribution >= 4 is 17.9 Å². The second-order valence-corrected chi connectivity index (χ2v) is 13.8. The lowest BCUT2D eigenvalue weighted by Crippen LogP contribution is -2.37. The van der Waals surface area contributed by atoms with Gasteiger partial charge in [0.1, 0.15) is 12.0 Å². The third kappa shape index (κ3) is 11.2. The van der Waals surface area contributed by atoms with E-state index in [-0.39, 0.29) is 16.2 Å². The van der Waals surface area contributed by atoms with Gasteiger partial charge in [-0.1, -0.05) is 72.7 Å². The van der Waals surface area contributed by atoms with Crippen molar-refractivity contribution < 1.29 is 27.4 Å². The Bertz CT molecular complexity index is 1150. The van der Waals surface area contributed by atoms with Crippen LogP contribution in [-0.4, -0.2) is 26.6 Å². The highest BCUT2D eigenvalue weighted by Crippen LogP contribution is 2.45. The third-order valence-electron chi connectivity index (χ3n) is 8.19. The molecule has 0 N–H and O–H groups in total. The molecule has 0 atom stereocenters. The Labute approximate surface area is 251 Å². The van der Waals surface area contributed by atoms with E-state index in [0.717, 1.165) is 92.4 Å². The summed E-state index contributed by atoms with van der Waals surface area (Å²) in [6.45, 7) is 16.5. The standard InChI is InChI=1S/C24H27F3O2.C12H24O/c1-28-14-3-2-4-15-29-23-13-10-21-16-19(6-5-7-20(21)17-23)18-8-11-22(12-9-18)24(25,26)27;1-10(2,3)8-11(4,5)12(6,7)9-13/h8-13,16-17H,2-7,14-15H2,1H3;9H,8H2,1-7H3. The first-order valence-corrected chi connectivity index (χ1v) is 15.1. The third-order valence-corrected chi connectivity index (χ3v) is 8.19. The molecule has 0 aromatic heterocycles. The van der Waals surface area contributed by atoms with Gasteiger partial charge >= 0.3 is 6.18 Å². The summed E-state index contributed by atoms with van der Waals surface area (Å²) >= 11 is 0. The molecule has 234 valence electrons. The average molecular weight is 589 g/mol. The summed E-state index contributed by atoms with van der Waals surface area (Å²) in [5, 5.41) is 0. The van der Waals surface area contributed by atoms with Gasteiger partial charge in [0, 0.05) is 19.1 Å². The molecule has 2 aromatic rings. The molecular formula is C36H51F3O3. The van der Waals surface area contributed by atoms with Crippen LogP contribution in [0.25, 0.3) is 11.6 Å². The number of alkyl halides is 3. The van der Waals surface area contributed by atoms with Gasteiger partial charge in [0.25, 0.3) is 0 Å². The Morgan fingerprint density at radius 1 is 0.833 bits per heavy atom. The van der Waals surface area contributed by atoms with Gasteiger partial charge in [-0.05, 0) is 102 Å². The Balaban J connectivity index is 0.000000401. The van der Waals surface area contributed by atoms with Crippen molar-refractivity contribution in [1.82, 2.24) is 0 Å². The largest absolute Gasteiger partial charge is 0.494 e. The normalized spacial score (nSPS) is 14.2. The number of fused-ring (bicyclic) bond motifs is 1. The summed E-state index contributed by atoms with van der Waals surface area (Å²) < 4.78 is 49.3. The summed E-state index contributed by atoms with van der Waals surface area (Å²) in [5.74, 6) is 0.877. The van der Waals surface area contributed by atoms with Crippen LogP contribution in [0.3, 0.4) is 0 Å². The minimum atomic E-state index is -4.30. The van der Waals surface area contributed by atoms with Crippen molar-refractivity contribution in [3.05, 3.63) is 64.7 Å². The highest BCUT2D eigenvalue weighted by atomic mass is 19.4. The maximum atomic E-state index is 12.8. The first kappa shape index (κ1) is 35.6. The molecule has 0 unspecified atom stereocenters. The van der Waals surface area contributed by atoms with E-state index >= 15 is 0 Å². The van der Waals surface area contributed by atoms with E-state index in [0.29, 0.717) is 6.61 Å². The number of hydrogen-bond donors (Lipinski definition) is 0. The second kappa shape index (κ2) is 15.2. The number of aryl methyl sites for hydroxylation is 1. The van der Waals surface area contributed by atoms with E-state index in [9.17, 15) is 18.0 Å². The van der Waals surface area contributed by atoms with Crippen LogP contribution in [0.2, 0.25) is 0 Å². The molecule has 2 aromatic carbocycles. The Kier molecular flexibility index (Phi) is 12.9. The van der Waals surface area contributed by atoms with E-state index in [1.54, 1.807) is 19.2 Å². The zero-order valence-electron chi connectivity index (χ0n) is 26.9. The molecule has 3 rings (SSSR count). The van der Waals surface area contributed by atoms with Crippen molar-refractivity contribution in [3.8, 4) is 5.75 Å². The van der Waals surface area contributed by atoms with E-state index in [1.807, 2.05) is 26.0 Å². The quantitative estimate of drug-likeness (QED) is 0.193. The van der Waals surface area contributed by atoms with Gasteiger partial charge in [0.2, 0.25) is 0 Å². The van der Waals surface area contributed by atoms with Crippen molar-refractivity contribution in [3.63, 3.8) is 0 Å². The van der Waals surface area contributed by atoms with Crippen LogP contribution < -0.4 is 4.74 Å². The van der Waals surface area contributed by atoms with Gasteiger partial charge in [-0.25, -0.2) is 0 Å². The molecule has 0 heterocycles. The van der Waals surface area contributed by atoms with Gasteiger partial charge in [0.05, 0.1) is 12.2 Å². The maximum Gasteiger partial charge on any atom is 0.416 e. The van der Waals surface area contributed by atoms with Crippen LogP contribution in [0.15, 0.2) is 42.5 Å². The zero-order valence-corrected chi connectivity index (χ0v) is 26.9. The summed E-state index contributed by atoms with van der Waals surface area (Å²) in [5.41, 5.74) is 3.76. The lowest BCUT2D eigenvalue weighted by Gasteiger charge is -2.41. The molecule has 42 heavy (non-hydrogen) atoms. The molecular weight excluding hydrogens is 537 g/mol. The van der Waals surface area contributed by atoms with Crippen LogP contribution >= 0.6 is 0 Å². The van der Waals surface area contributed by atoms with Gasteiger partial charge in [-0.2, -0.15) is 13.2 Å². The highest BCUT2D eigenvalue weighted by molar-refractivity contribution is 5.83. The van der Waals surface area contributed by atoms with Crippen molar-refractivity contribution in [2.24, 2.45) is 16.2 Å². The first-order chi connectivity index (χ1) is 19.5. The van der Waals surface area contributed by atoms with Crippen LogP contribution in [0.4, 0.5) is 13.2 Å². The number of allylic oxidation sites excluding steroid dienone is 1.